The zero-order valence-corrected chi connectivity index (χ0v) is 13.4. The maximum Gasteiger partial charge on any atom is 0.417 e. The van der Waals surface area contributed by atoms with Crippen molar-refractivity contribution < 1.29 is 18.0 Å². The SMILES string of the molecule is Cc1nn(C)c(C)c1CCC(=O)Nc1cc(C(F)(F)F)c[nH]c1=O. The Labute approximate surface area is 135 Å². The number of amides is 1. The van der Waals surface area contributed by atoms with E-state index in [4.69, 9.17) is 0 Å². The van der Waals surface area contributed by atoms with Crippen LogP contribution in [0.15, 0.2) is 17.1 Å². The van der Waals surface area contributed by atoms with Gasteiger partial charge in [0.25, 0.3) is 5.56 Å². The summed E-state index contributed by atoms with van der Waals surface area (Å²) in [6.07, 6.45) is -3.62. The van der Waals surface area contributed by atoms with E-state index in [0.717, 1.165) is 17.0 Å². The Morgan fingerprint density at radius 1 is 1.38 bits per heavy atom. The van der Waals surface area contributed by atoms with Gasteiger partial charge in [0, 0.05) is 25.4 Å². The summed E-state index contributed by atoms with van der Waals surface area (Å²) in [5, 5.41) is 6.46. The Morgan fingerprint density at radius 2 is 2.04 bits per heavy atom. The molecule has 0 saturated carbocycles. The lowest BCUT2D eigenvalue weighted by Gasteiger charge is -2.09. The van der Waals surface area contributed by atoms with Gasteiger partial charge in [-0.05, 0) is 31.9 Å². The minimum Gasteiger partial charge on any atom is -0.327 e. The third-order valence-electron chi connectivity index (χ3n) is 3.77. The number of pyridine rings is 1. The summed E-state index contributed by atoms with van der Waals surface area (Å²) in [7, 11) is 1.79. The largest absolute Gasteiger partial charge is 0.417 e. The molecule has 130 valence electrons. The first kappa shape index (κ1) is 17.8. The zero-order valence-electron chi connectivity index (χ0n) is 13.4. The van der Waals surface area contributed by atoms with Crippen molar-refractivity contribution in [1.82, 2.24) is 14.8 Å². The van der Waals surface area contributed by atoms with Gasteiger partial charge in [0.15, 0.2) is 0 Å². The molecule has 24 heavy (non-hydrogen) atoms. The second-order valence-electron chi connectivity index (χ2n) is 5.45. The first-order valence-electron chi connectivity index (χ1n) is 7.18. The number of carbonyl (C=O) groups excluding carboxylic acids is 1. The van der Waals surface area contributed by atoms with E-state index in [-0.39, 0.29) is 6.42 Å². The molecule has 9 heteroatoms. The van der Waals surface area contributed by atoms with E-state index in [2.05, 4.69) is 10.4 Å². The summed E-state index contributed by atoms with van der Waals surface area (Å²) in [5.41, 5.74) is 0.374. The van der Waals surface area contributed by atoms with Gasteiger partial charge in [-0.2, -0.15) is 18.3 Å². The van der Waals surface area contributed by atoms with E-state index in [9.17, 15) is 22.8 Å². The first-order chi connectivity index (χ1) is 11.1. The number of nitrogens with zero attached hydrogens (tertiary/aromatic N) is 2. The second kappa shape index (κ2) is 6.50. The molecular formula is C15H17F3N4O2. The number of H-pyrrole nitrogens is 1. The molecule has 2 aromatic rings. The highest BCUT2D eigenvalue weighted by atomic mass is 19.4. The van der Waals surface area contributed by atoms with E-state index in [1.165, 1.54) is 0 Å². The molecule has 0 aliphatic carbocycles. The van der Waals surface area contributed by atoms with Crippen molar-refractivity contribution in [3.63, 3.8) is 0 Å². The highest BCUT2D eigenvalue weighted by molar-refractivity contribution is 5.90. The fourth-order valence-electron chi connectivity index (χ4n) is 2.37. The van der Waals surface area contributed by atoms with Gasteiger partial charge in [-0.3, -0.25) is 14.3 Å². The summed E-state index contributed by atoms with van der Waals surface area (Å²) >= 11 is 0. The predicted molar refractivity (Wildman–Crippen MR) is 81.7 cm³/mol. The van der Waals surface area contributed by atoms with Crippen LogP contribution < -0.4 is 10.9 Å². The van der Waals surface area contributed by atoms with Gasteiger partial charge in [-0.25, -0.2) is 0 Å². The third kappa shape index (κ3) is 3.84. The summed E-state index contributed by atoms with van der Waals surface area (Å²) in [4.78, 5) is 25.5. The maximum absolute atomic E-state index is 12.7. The summed E-state index contributed by atoms with van der Waals surface area (Å²) in [6, 6.07) is 0.622. The van der Waals surface area contributed by atoms with Crippen LogP contribution in [0, 0.1) is 13.8 Å². The van der Waals surface area contributed by atoms with Crippen molar-refractivity contribution in [2.75, 3.05) is 5.32 Å². The number of anilines is 1. The van der Waals surface area contributed by atoms with Crippen LogP contribution >= 0.6 is 0 Å². The van der Waals surface area contributed by atoms with Crippen molar-refractivity contribution >= 4 is 11.6 Å². The fraction of sp³-hybridized carbons (Fsp3) is 0.400. The lowest BCUT2D eigenvalue weighted by molar-refractivity contribution is -0.137. The first-order valence-corrected chi connectivity index (χ1v) is 7.18. The van der Waals surface area contributed by atoms with Crippen LogP contribution in [-0.4, -0.2) is 20.7 Å². The smallest absolute Gasteiger partial charge is 0.327 e. The van der Waals surface area contributed by atoms with Gasteiger partial charge >= 0.3 is 6.18 Å². The quantitative estimate of drug-likeness (QED) is 0.895. The zero-order chi connectivity index (χ0) is 18.1. The Hall–Kier alpha value is -2.58. The number of nitrogens with one attached hydrogen (secondary N) is 2. The Kier molecular flexibility index (Phi) is 4.81. The monoisotopic (exact) mass is 342 g/mol. The molecule has 0 bridgehead atoms. The average molecular weight is 342 g/mol. The molecule has 2 heterocycles. The third-order valence-corrected chi connectivity index (χ3v) is 3.77. The molecule has 0 unspecified atom stereocenters. The number of alkyl halides is 3. The van der Waals surface area contributed by atoms with Crippen LogP contribution in [0.25, 0.3) is 0 Å². The van der Waals surface area contributed by atoms with Gasteiger partial charge in [-0.15, -0.1) is 0 Å². The number of aromatic amines is 1. The van der Waals surface area contributed by atoms with Crippen LogP contribution in [0.1, 0.15) is 28.9 Å². The van der Waals surface area contributed by atoms with Crippen molar-refractivity contribution in [3.8, 4) is 0 Å². The Morgan fingerprint density at radius 3 is 2.58 bits per heavy atom. The lowest BCUT2D eigenvalue weighted by Crippen LogP contribution is -2.21. The summed E-state index contributed by atoms with van der Waals surface area (Å²) in [5.74, 6) is -0.539. The van der Waals surface area contributed by atoms with Gasteiger partial charge in [-0.1, -0.05) is 0 Å². The van der Waals surface area contributed by atoms with E-state index in [1.54, 1.807) is 11.7 Å². The number of rotatable bonds is 4. The normalized spacial score (nSPS) is 11.6. The van der Waals surface area contributed by atoms with Crippen LogP contribution in [0.5, 0.6) is 0 Å². The molecule has 0 spiro atoms. The molecule has 0 aliphatic heterocycles. The van der Waals surface area contributed by atoms with Crippen molar-refractivity contribution in [2.45, 2.75) is 32.9 Å². The molecule has 0 aromatic carbocycles. The van der Waals surface area contributed by atoms with E-state index in [1.807, 2.05) is 18.8 Å². The fourth-order valence-corrected chi connectivity index (χ4v) is 2.37. The molecule has 1 amide bonds. The molecule has 0 fully saturated rings. The van der Waals surface area contributed by atoms with Gasteiger partial charge < -0.3 is 10.3 Å². The van der Waals surface area contributed by atoms with Gasteiger partial charge in [0.1, 0.15) is 5.69 Å². The minimum absolute atomic E-state index is 0.0308. The second-order valence-corrected chi connectivity index (χ2v) is 5.45. The summed E-state index contributed by atoms with van der Waals surface area (Å²) in [6.45, 7) is 3.68. The minimum atomic E-state index is -4.60. The standard InChI is InChI=1S/C15H17F3N4O2/c1-8-11(9(2)22(3)21-8)4-5-13(23)20-12-6-10(15(16,17)18)7-19-14(12)24/h6-7H,4-5H2,1-3H3,(H,19,24)(H,20,23). The number of hydrogen-bond donors (Lipinski definition) is 2. The van der Waals surface area contributed by atoms with Crippen molar-refractivity contribution in [1.29, 1.82) is 0 Å². The lowest BCUT2D eigenvalue weighted by atomic mass is 10.1. The van der Waals surface area contributed by atoms with E-state index in [0.29, 0.717) is 18.7 Å². The van der Waals surface area contributed by atoms with Crippen LogP contribution in [-0.2, 0) is 24.4 Å². The molecule has 0 aliphatic rings. The number of carbonyl (C=O) groups is 1. The van der Waals surface area contributed by atoms with Crippen LogP contribution in [0.2, 0.25) is 0 Å². The van der Waals surface area contributed by atoms with Crippen LogP contribution in [0.4, 0.5) is 18.9 Å². The topological polar surface area (TPSA) is 79.8 Å². The number of hydrogen-bond acceptors (Lipinski definition) is 3. The van der Waals surface area contributed by atoms with Gasteiger partial charge in [0.2, 0.25) is 5.91 Å². The maximum atomic E-state index is 12.7. The number of aryl methyl sites for hydroxylation is 2. The molecule has 0 atom stereocenters. The molecule has 0 saturated heterocycles. The number of aromatic nitrogens is 3. The van der Waals surface area contributed by atoms with E-state index < -0.39 is 28.9 Å². The molecule has 0 radical (unpaired) electrons. The van der Waals surface area contributed by atoms with Crippen molar-refractivity contribution in [2.24, 2.45) is 7.05 Å². The molecular weight excluding hydrogens is 325 g/mol. The average Bonchev–Trinajstić information content (AvgIpc) is 2.71. The molecule has 6 nitrogen and oxygen atoms in total. The van der Waals surface area contributed by atoms with Gasteiger partial charge in [0.05, 0.1) is 11.3 Å². The van der Waals surface area contributed by atoms with Crippen LogP contribution in [0.3, 0.4) is 0 Å². The van der Waals surface area contributed by atoms with Crippen molar-refractivity contribution in [3.05, 3.63) is 45.1 Å². The molecule has 2 N–H and O–H groups in total. The van der Waals surface area contributed by atoms with E-state index >= 15 is 0 Å². The Balaban J connectivity index is 2.09. The summed E-state index contributed by atoms with van der Waals surface area (Å²) < 4.78 is 39.7. The number of halogens is 3. The predicted octanol–water partition coefficient (Wildman–Crippen LogP) is 2.32. The molecule has 2 rings (SSSR count). The Bertz CT molecular complexity index is 821. The highest BCUT2D eigenvalue weighted by Crippen LogP contribution is 2.29. The molecule has 2 aromatic heterocycles. The highest BCUT2D eigenvalue weighted by Gasteiger charge is 2.31.